The second-order valence-corrected chi connectivity index (χ2v) is 4.18. The molecule has 3 atom stereocenters. The van der Waals surface area contributed by atoms with Gasteiger partial charge in [0.2, 0.25) is 6.04 Å². The lowest BCUT2D eigenvalue weighted by Gasteiger charge is -2.22. The highest BCUT2D eigenvalue weighted by Crippen LogP contribution is 2.32. The van der Waals surface area contributed by atoms with Gasteiger partial charge in [-0.1, -0.05) is 13.8 Å². The summed E-state index contributed by atoms with van der Waals surface area (Å²) >= 11 is 0. The molecule has 0 aromatic heterocycles. The fourth-order valence-corrected chi connectivity index (χ4v) is 2.12. The molecule has 76 valence electrons. The summed E-state index contributed by atoms with van der Waals surface area (Å²) in [5, 5.41) is 20.4. The van der Waals surface area contributed by atoms with Gasteiger partial charge in [0.25, 0.3) is 0 Å². The van der Waals surface area contributed by atoms with Crippen LogP contribution >= 0.6 is 0 Å². The topological polar surface area (TPSA) is 63.4 Å². The van der Waals surface area contributed by atoms with Crippen molar-refractivity contribution in [3.05, 3.63) is 10.1 Å². The van der Waals surface area contributed by atoms with Gasteiger partial charge in [-0.15, -0.1) is 0 Å². The van der Waals surface area contributed by atoms with E-state index in [0.717, 1.165) is 12.8 Å². The minimum atomic E-state index is -0.516. The Balaban J connectivity index is 2.62. The predicted molar refractivity (Wildman–Crippen MR) is 49.0 cm³/mol. The fourth-order valence-electron chi connectivity index (χ4n) is 2.12. The highest BCUT2D eigenvalue weighted by atomic mass is 16.6. The van der Waals surface area contributed by atoms with Crippen LogP contribution in [0.25, 0.3) is 0 Å². The van der Waals surface area contributed by atoms with E-state index in [1.165, 1.54) is 0 Å². The third kappa shape index (κ3) is 2.18. The van der Waals surface area contributed by atoms with Crippen LogP contribution in [0.3, 0.4) is 0 Å². The van der Waals surface area contributed by atoms with Crippen molar-refractivity contribution in [3.63, 3.8) is 0 Å². The van der Waals surface area contributed by atoms with Gasteiger partial charge < -0.3 is 5.11 Å². The van der Waals surface area contributed by atoms with Crippen LogP contribution in [-0.2, 0) is 0 Å². The van der Waals surface area contributed by atoms with E-state index in [1.807, 2.05) is 13.8 Å². The molecule has 0 spiro atoms. The monoisotopic (exact) mass is 187 g/mol. The number of hydrogen-bond acceptors (Lipinski definition) is 3. The van der Waals surface area contributed by atoms with Crippen molar-refractivity contribution in [2.24, 2.45) is 11.8 Å². The zero-order valence-electron chi connectivity index (χ0n) is 8.14. The maximum atomic E-state index is 10.6. The minimum Gasteiger partial charge on any atom is -0.392 e. The van der Waals surface area contributed by atoms with Gasteiger partial charge in [-0.25, -0.2) is 0 Å². The lowest BCUT2D eigenvalue weighted by atomic mass is 9.89. The average Bonchev–Trinajstić information content (AvgIpc) is 2.50. The van der Waals surface area contributed by atoms with Crippen molar-refractivity contribution in [2.45, 2.75) is 45.3 Å². The maximum absolute atomic E-state index is 10.6. The summed E-state index contributed by atoms with van der Waals surface area (Å²) in [4.78, 5) is 10.4. The van der Waals surface area contributed by atoms with Crippen molar-refractivity contribution in [2.75, 3.05) is 0 Å². The lowest BCUT2D eigenvalue weighted by molar-refractivity contribution is -0.531. The summed E-state index contributed by atoms with van der Waals surface area (Å²) in [5.41, 5.74) is 0. The van der Waals surface area contributed by atoms with Crippen molar-refractivity contribution < 1.29 is 10.0 Å². The number of rotatable bonds is 3. The Morgan fingerprint density at radius 2 is 2.08 bits per heavy atom. The molecule has 4 heteroatoms. The summed E-state index contributed by atoms with van der Waals surface area (Å²) in [7, 11) is 0. The molecular formula is C9H17NO3. The van der Waals surface area contributed by atoms with E-state index in [1.54, 1.807) is 0 Å². The molecule has 0 aromatic carbocycles. The van der Waals surface area contributed by atoms with Gasteiger partial charge in [0, 0.05) is 11.3 Å². The number of nitro groups is 1. The molecule has 0 aromatic rings. The second kappa shape index (κ2) is 4.05. The van der Waals surface area contributed by atoms with E-state index >= 15 is 0 Å². The van der Waals surface area contributed by atoms with Gasteiger partial charge >= 0.3 is 0 Å². The van der Waals surface area contributed by atoms with Crippen molar-refractivity contribution in [1.82, 2.24) is 0 Å². The smallest absolute Gasteiger partial charge is 0.218 e. The molecule has 0 heterocycles. The Bertz CT molecular complexity index is 193. The number of aliphatic hydroxyl groups excluding tert-OH is 1. The van der Waals surface area contributed by atoms with Crippen molar-refractivity contribution in [1.29, 1.82) is 0 Å². The Labute approximate surface area is 78.1 Å². The first-order valence-electron chi connectivity index (χ1n) is 4.85. The maximum Gasteiger partial charge on any atom is 0.218 e. The van der Waals surface area contributed by atoms with Gasteiger partial charge in [0.05, 0.1) is 12.0 Å². The predicted octanol–water partition coefficient (Wildman–Crippen LogP) is 1.45. The first kappa shape index (κ1) is 10.4. The molecule has 1 aliphatic carbocycles. The van der Waals surface area contributed by atoms with E-state index in [-0.39, 0.29) is 16.8 Å². The van der Waals surface area contributed by atoms with Crippen LogP contribution < -0.4 is 0 Å². The Morgan fingerprint density at radius 3 is 2.54 bits per heavy atom. The Morgan fingerprint density at radius 1 is 1.46 bits per heavy atom. The van der Waals surface area contributed by atoms with Crippen molar-refractivity contribution in [3.8, 4) is 0 Å². The van der Waals surface area contributed by atoms with Crippen LogP contribution in [0.4, 0.5) is 0 Å². The Hall–Kier alpha value is -0.640. The summed E-state index contributed by atoms with van der Waals surface area (Å²) in [6.07, 6.45) is 1.78. The zero-order chi connectivity index (χ0) is 10.0. The summed E-state index contributed by atoms with van der Waals surface area (Å²) < 4.78 is 0. The standard InChI is InChI=1S/C9H17NO3/c1-6(2)9(11)7-4-3-5-8(7)10(12)13/h6-9,11H,3-5H2,1-2H3. The molecule has 0 bridgehead atoms. The van der Waals surface area contributed by atoms with Gasteiger partial charge in [0.15, 0.2) is 0 Å². The summed E-state index contributed by atoms with van der Waals surface area (Å²) in [5.74, 6) is -0.0134. The largest absolute Gasteiger partial charge is 0.392 e. The van der Waals surface area contributed by atoms with E-state index in [4.69, 9.17) is 0 Å². The molecule has 13 heavy (non-hydrogen) atoms. The van der Waals surface area contributed by atoms with E-state index in [0.29, 0.717) is 6.42 Å². The number of aliphatic hydroxyl groups is 1. The quantitative estimate of drug-likeness (QED) is 0.537. The molecule has 0 radical (unpaired) electrons. The van der Waals surface area contributed by atoms with Crippen LogP contribution in [0, 0.1) is 22.0 Å². The van der Waals surface area contributed by atoms with E-state index in [2.05, 4.69) is 0 Å². The van der Waals surface area contributed by atoms with Crippen LogP contribution in [0.1, 0.15) is 33.1 Å². The fraction of sp³-hybridized carbons (Fsp3) is 1.00. The van der Waals surface area contributed by atoms with E-state index in [9.17, 15) is 15.2 Å². The van der Waals surface area contributed by atoms with Gasteiger partial charge in [0.1, 0.15) is 0 Å². The van der Waals surface area contributed by atoms with Crippen LogP contribution in [0.5, 0.6) is 0 Å². The van der Waals surface area contributed by atoms with Gasteiger partial charge in [-0.2, -0.15) is 0 Å². The first-order valence-corrected chi connectivity index (χ1v) is 4.85. The molecule has 1 saturated carbocycles. The molecular weight excluding hydrogens is 170 g/mol. The normalized spacial score (nSPS) is 30.8. The molecule has 1 aliphatic rings. The molecule has 0 aliphatic heterocycles. The van der Waals surface area contributed by atoms with Gasteiger partial charge in [-0.3, -0.25) is 10.1 Å². The number of hydrogen-bond donors (Lipinski definition) is 1. The molecule has 4 nitrogen and oxygen atoms in total. The third-order valence-corrected chi connectivity index (χ3v) is 2.92. The molecule has 0 saturated heterocycles. The minimum absolute atomic E-state index is 0.116. The van der Waals surface area contributed by atoms with Crippen LogP contribution in [-0.4, -0.2) is 22.2 Å². The van der Waals surface area contributed by atoms with Crippen molar-refractivity contribution >= 4 is 0 Å². The summed E-state index contributed by atoms with van der Waals surface area (Å²) in [6, 6.07) is -0.516. The lowest BCUT2D eigenvalue weighted by Crippen LogP contribution is -2.35. The van der Waals surface area contributed by atoms with Crippen LogP contribution in [0.15, 0.2) is 0 Å². The second-order valence-electron chi connectivity index (χ2n) is 4.18. The Kier molecular flexibility index (Phi) is 3.25. The van der Waals surface area contributed by atoms with Crippen LogP contribution in [0.2, 0.25) is 0 Å². The first-order chi connectivity index (χ1) is 6.04. The summed E-state index contributed by atoms with van der Waals surface area (Å²) in [6.45, 7) is 3.81. The van der Waals surface area contributed by atoms with Gasteiger partial charge in [-0.05, 0) is 18.8 Å². The molecule has 1 rings (SSSR count). The average molecular weight is 187 g/mol. The van der Waals surface area contributed by atoms with E-state index < -0.39 is 12.1 Å². The molecule has 0 amide bonds. The third-order valence-electron chi connectivity index (χ3n) is 2.92. The molecule has 3 unspecified atom stereocenters. The number of nitrogens with zero attached hydrogens (tertiary/aromatic N) is 1. The SMILES string of the molecule is CC(C)C(O)C1CCCC1[N+](=O)[O-]. The molecule has 1 fully saturated rings. The molecule has 1 N–H and O–H groups in total. The highest BCUT2D eigenvalue weighted by molar-refractivity contribution is 4.84. The zero-order valence-corrected chi connectivity index (χ0v) is 8.14. The highest BCUT2D eigenvalue weighted by Gasteiger charge is 2.41.